The van der Waals surface area contributed by atoms with Gasteiger partial charge < -0.3 is 5.11 Å². The summed E-state index contributed by atoms with van der Waals surface area (Å²) in [6.45, 7) is 0. The third-order valence-electron chi connectivity index (χ3n) is 2.04. The highest BCUT2D eigenvalue weighted by molar-refractivity contribution is 5.97. The Kier molecular flexibility index (Phi) is 4.23. The predicted octanol–water partition coefficient (Wildman–Crippen LogP) is 2.38. The van der Waals surface area contributed by atoms with Crippen molar-refractivity contribution in [2.45, 2.75) is 12.6 Å². The number of carbonyl (C=O) groups is 1. The van der Waals surface area contributed by atoms with Gasteiger partial charge in [0.05, 0.1) is 5.56 Å². The van der Waals surface area contributed by atoms with Crippen molar-refractivity contribution in [3.8, 4) is 0 Å². The van der Waals surface area contributed by atoms with Crippen LogP contribution in [0.2, 0.25) is 0 Å². The summed E-state index contributed by atoms with van der Waals surface area (Å²) in [5, 5.41) is 11.3. The van der Waals surface area contributed by atoms with Crippen molar-refractivity contribution in [3.05, 3.63) is 41.2 Å². The van der Waals surface area contributed by atoms with E-state index in [1.165, 1.54) is 0 Å². The zero-order valence-corrected chi connectivity index (χ0v) is 8.97. The van der Waals surface area contributed by atoms with Crippen LogP contribution in [0.4, 0.5) is 26.3 Å². The maximum atomic E-state index is 12.9. The van der Waals surface area contributed by atoms with Crippen LogP contribution < -0.4 is 5.11 Å². The third-order valence-corrected chi connectivity index (χ3v) is 2.04. The molecule has 0 unspecified atom stereocenters. The maximum absolute atomic E-state index is 12.9. The minimum atomic E-state index is -5.03. The van der Waals surface area contributed by atoms with E-state index in [0.29, 0.717) is 12.1 Å². The van der Waals surface area contributed by atoms with Crippen LogP contribution in [0.15, 0.2) is 24.3 Å². The predicted molar refractivity (Wildman–Crippen MR) is 50.4 cm³/mol. The molecule has 0 aliphatic carbocycles. The molecule has 1 aromatic rings. The first-order valence-corrected chi connectivity index (χ1v) is 4.70. The number of halogens is 6. The SMILES string of the molecule is O=C(/C=C(\[O-])c1ccc(F)c(C(F)(F)F)c1)C(F)F. The van der Waals surface area contributed by atoms with E-state index in [-0.39, 0.29) is 12.1 Å². The first-order valence-electron chi connectivity index (χ1n) is 4.70. The van der Waals surface area contributed by atoms with Crippen molar-refractivity contribution in [1.82, 2.24) is 0 Å². The number of allylic oxidation sites excluding steroid dienone is 1. The smallest absolute Gasteiger partial charge is 0.419 e. The van der Waals surface area contributed by atoms with Crippen molar-refractivity contribution in [1.29, 1.82) is 0 Å². The molecule has 0 radical (unpaired) electrons. The Balaban J connectivity index is 3.20. The van der Waals surface area contributed by atoms with Crippen molar-refractivity contribution in [2.75, 3.05) is 0 Å². The van der Waals surface area contributed by atoms with Crippen LogP contribution in [-0.2, 0) is 11.0 Å². The van der Waals surface area contributed by atoms with E-state index in [4.69, 9.17) is 0 Å². The highest BCUT2D eigenvalue weighted by Gasteiger charge is 2.34. The van der Waals surface area contributed by atoms with Gasteiger partial charge in [-0.15, -0.1) is 0 Å². The molecule has 0 aliphatic rings. The van der Waals surface area contributed by atoms with Crippen LogP contribution in [0.5, 0.6) is 0 Å². The zero-order valence-electron chi connectivity index (χ0n) is 8.97. The number of ketones is 1. The van der Waals surface area contributed by atoms with Crippen molar-refractivity contribution in [3.63, 3.8) is 0 Å². The van der Waals surface area contributed by atoms with E-state index >= 15 is 0 Å². The van der Waals surface area contributed by atoms with Gasteiger partial charge >= 0.3 is 6.18 Å². The molecule has 8 heteroatoms. The van der Waals surface area contributed by atoms with Gasteiger partial charge in [0.15, 0.2) is 0 Å². The van der Waals surface area contributed by atoms with Crippen molar-refractivity contribution in [2.24, 2.45) is 0 Å². The van der Waals surface area contributed by atoms with Gasteiger partial charge in [0.25, 0.3) is 6.43 Å². The van der Waals surface area contributed by atoms with Crippen LogP contribution in [0, 0.1) is 5.82 Å². The number of rotatable bonds is 3. The number of benzene rings is 1. The quantitative estimate of drug-likeness (QED) is 0.485. The average Bonchev–Trinajstić information content (AvgIpc) is 2.27. The molecule has 0 aliphatic heterocycles. The minimum Gasteiger partial charge on any atom is -0.872 e. The summed E-state index contributed by atoms with van der Waals surface area (Å²) in [5.74, 6) is -4.79. The lowest BCUT2D eigenvalue weighted by Gasteiger charge is -2.15. The minimum absolute atomic E-state index is 0.0297. The van der Waals surface area contributed by atoms with Crippen LogP contribution in [0.25, 0.3) is 5.76 Å². The van der Waals surface area contributed by atoms with Crippen LogP contribution in [-0.4, -0.2) is 12.2 Å². The van der Waals surface area contributed by atoms with Crippen molar-refractivity contribution >= 4 is 11.5 Å². The number of hydrogen-bond acceptors (Lipinski definition) is 2. The molecule has 0 bridgehead atoms. The number of hydrogen-bond donors (Lipinski definition) is 0. The molecule has 104 valence electrons. The molecule has 1 rings (SSSR count). The standard InChI is InChI=1S/C11H6F6O2/c12-7-2-1-5(3-6(7)11(15,16)17)8(18)4-9(19)10(13)14/h1-4,10,18H/p-1/b8-4-. The van der Waals surface area contributed by atoms with Crippen LogP contribution in [0.1, 0.15) is 11.1 Å². The van der Waals surface area contributed by atoms with Gasteiger partial charge in [0, 0.05) is 0 Å². The Morgan fingerprint density at radius 3 is 2.32 bits per heavy atom. The normalized spacial score (nSPS) is 12.9. The van der Waals surface area contributed by atoms with Crippen LogP contribution in [0.3, 0.4) is 0 Å². The second-order valence-electron chi connectivity index (χ2n) is 3.40. The highest BCUT2D eigenvalue weighted by atomic mass is 19.4. The molecular weight excluding hydrogens is 278 g/mol. The Labute approximate surface area is 103 Å². The lowest BCUT2D eigenvalue weighted by Crippen LogP contribution is -2.13. The second kappa shape index (κ2) is 5.33. The molecule has 0 N–H and O–H groups in total. The van der Waals surface area contributed by atoms with Gasteiger partial charge in [0.1, 0.15) is 5.82 Å². The fourth-order valence-electron chi connectivity index (χ4n) is 1.17. The lowest BCUT2D eigenvalue weighted by atomic mass is 10.1. The molecule has 0 spiro atoms. The maximum Gasteiger partial charge on any atom is 0.419 e. The van der Waals surface area contributed by atoms with Gasteiger partial charge in [-0.1, -0.05) is 11.8 Å². The summed E-state index contributed by atoms with van der Waals surface area (Å²) in [6, 6.07) is 1.20. The molecule has 0 saturated carbocycles. The fourth-order valence-corrected chi connectivity index (χ4v) is 1.17. The van der Waals surface area contributed by atoms with E-state index in [1.807, 2.05) is 0 Å². The molecule has 0 heterocycles. The third kappa shape index (κ3) is 3.73. The number of carbonyl (C=O) groups excluding carboxylic acids is 1. The van der Waals surface area contributed by atoms with E-state index in [1.54, 1.807) is 0 Å². The first-order chi connectivity index (χ1) is 8.62. The summed E-state index contributed by atoms with van der Waals surface area (Å²) < 4.78 is 73.6. The van der Waals surface area contributed by atoms with Crippen molar-refractivity contribution < 1.29 is 36.2 Å². The summed E-state index contributed by atoms with van der Waals surface area (Å²) in [5.41, 5.74) is -2.42. The molecule has 0 fully saturated rings. The Morgan fingerprint density at radius 2 is 1.84 bits per heavy atom. The largest absolute Gasteiger partial charge is 0.872 e. The first kappa shape index (κ1) is 15.1. The highest BCUT2D eigenvalue weighted by Crippen LogP contribution is 2.32. The summed E-state index contributed by atoms with van der Waals surface area (Å²) in [4.78, 5) is 10.6. The van der Waals surface area contributed by atoms with Crippen LogP contribution >= 0.6 is 0 Å². The average molecular weight is 283 g/mol. The zero-order chi connectivity index (χ0) is 14.8. The lowest BCUT2D eigenvalue weighted by molar-refractivity contribution is -0.244. The monoisotopic (exact) mass is 283 g/mol. The van der Waals surface area contributed by atoms with Gasteiger partial charge in [0.2, 0.25) is 5.78 Å². The summed E-state index contributed by atoms with van der Waals surface area (Å²) >= 11 is 0. The molecule has 19 heavy (non-hydrogen) atoms. The van der Waals surface area contributed by atoms with Gasteiger partial charge in [-0.2, -0.15) is 13.2 Å². The van der Waals surface area contributed by atoms with E-state index in [2.05, 4.69) is 0 Å². The fraction of sp³-hybridized carbons (Fsp3) is 0.182. The molecule has 0 aromatic heterocycles. The van der Waals surface area contributed by atoms with E-state index < -0.39 is 41.1 Å². The Bertz CT molecular complexity index is 518. The number of alkyl halides is 5. The van der Waals surface area contributed by atoms with E-state index in [9.17, 15) is 36.2 Å². The van der Waals surface area contributed by atoms with E-state index in [0.717, 1.165) is 0 Å². The Hall–Kier alpha value is -1.99. The summed E-state index contributed by atoms with van der Waals surface area (Å²) in [6.07, 6.45) is -8.50. The molecule has 0 saturated heterocycles. The second-order valence-corrected chi connectivity index (χ2v) is 3.40. The topological polar surface area (TPSA) is 40.1 Å². The summed E-state index contributed by atoms with van der Waals surface area (Å²) in [7, 11) is 0. The molecule has 1 aromatic carbocycles. The molecule has 2 nitrogen and oxygen atoms in total. The molecule has 0 atom stereocenters. The van der Waals surface area contributed by atoms with Gasteiger partial charge in [-0.05, 0) is 23.8 Å². The van der Waals surface area contributed by atoms with Gasteiger partial charge in [-0.3, -0.25) is 4.79 Å². The molecular formula is C11H5F6O2-. The Morgan fingerprint density at radius 1 is 1.26 bits per heavy atom. The van der Waals surface area contributed by atoms with Gasteiger partial charge in [-0.25, -0.2) is 13.2 Å². The molecule has 0 amide bonds.